The molecule has 0 saturated heterocycles. The van der Waals surface area contributed by atoms with Gasteiger partial charge in [0.05, 0.1) is 11.1 Å². The molecule has 17 heavy (non-hydrogen) atoms. The van der Waals surface area contributed by atoms with Crippen molar-refractivity contribution in [2.75, 3.05) is 12.4 Å². The predicted molar refractivity (Wildman–Crippen MR) is 69.7 cm³/mol. The van der Waals surface area contributed by atoms with Gasteiger partial charge in [0.1, 0.15) is 5.82 Å². The van der Waals surface area contributed by atoms with E-state index < -0.39 is 11.6 Å². The molecule has 0 bridgehead atoms. The predicted octanol–water partition coefficient (Wildman–Crippen LogP) is 4.21. The minimum absolute atomic E-state index is 0.0589. The molecule has 0 amide bonds. The second-order valence-electron chi connectivity index (χ2n) is 4.50. The summed E-state index contributed by atoms with van der Waals surface area (Å²) in [6, 6.07) is 2.03. The van der Waals surface area contributed by atoms with Crippen LogP contribution in [0.25, 0.3) is 0 Å². The zero-order valence-corrected chi connectivity index (χ0v) is 11.7. The van der Waals surface area contributed by atoms with Crippen molar-refractivity contribution < 1.29 is 13.5 Å². The van der Waals surface area contributed by atoms with Gasteiger partial charge in [-0.3, -0.25) is 0 Å². The van der Waals surface area contributed by atoms with Gasteiger partial charge in [0.2, 0.25) is 0 Å². The smallest absolute Gasteiger partial charge is 0.169 e. The number of halogens is 3. The summed E-state index contributed by atoms with van der Waals surface area (Å²) in [5, 5.41) is 0. The van der Waals surface area contributed by atoms with Crippen LogP contribution >= 0.6 is 28.6 Å². The van der Waals surface area contributed by atoms with E-state index in [0.29, 0.717) is 11.1 Å². The lowest BCUT2D eigenvalue weighted by molar-refractivity contribution is 0.0799. The van der Waals surface area contributed by atoms with Gasteiger partial charge in [0.15, 0.2) is 11.6 Å². The molecule has 1 aromatic rings. The fourth-order valence-electron chi connectivity index (χ4n) is 1.92. The van der Waals surface area contributed by atoms with E-state index in [1.165, 1.54) is 6.07 Å². The molecule has 1 saturated carbocycles. The van der Waals surface area contributed by atoms with Crippen LogP contribution in [0.1, 0.15) is 19.3 Å². The molecule has 0 aliphatic heterocycles. The standard InChI is InChI=1S/C12H13BrF2OS/c13-9-4-8(14)5-10(15)11(9)16-6-12(7-17)2-1-3-12/h4-5,17H,1-3,6-7H2. The fourth-order valence-corrected chi connectivity index (χ4v) is 2.85. The molecule has 0 spiro atoms. The first kappa shape index (κ1) is 13.1. The van der Waals surface area contributed by atoms with Gasteiger partial charge in [-0.15, -0.1) is 0 Å². The zero-order valence-electron chi connectivity index (χ0n) is 9.18. The van der Waals surface area contributed by atoms with Crippen molar-refractivity contribution >= 4 is 28.6 Å². The first-order valence-corrected chi connectivity index (χ1v) is 6.87. The highest BCUT2D eigenvalue weighted by Crippen LogP contribution is 2.42. The summed E-state index contributed by atoms with van der Waals surface area (Å²) in [5.74, 6) is -0.479. The second kappa shape index (κ2) is 5.14. The Labute approximate surface area is 113 Å². The Morgan fingerprint density at radius 2 is 2.06 bits per heavy atom. The molecule has 1 nitrogen and oxygen atoms in total. The van der Waals surface area contributed by atoms with Crippen LogP contribution < -0.4 is 4.74 Å². The van der Waals surface area contributed by atoms with E-state index >= 15 is 0 Å². The van der Waals surface area contributed by atoms with E-state index in [9.17, 15) is 8.78 Å². The van der Waals surface area contributed by atoms with Crippen molar-refractivity contribution in [3.05, 3.63) is 28.2 Å². The maximum atomic E-state index is 13.5. The summed E-state index contributed by atoms with van der Waals surface area (Å²) in [5.41, 5.74) is 0.0589. The Kier molecular flexibility index (Phi) is 3.98. The molecule has 1 fully saturated rings. The van der Waals surface area contributed by atoms with E-state index in [1.54, 1.807) is 0 Å². The van der Waals surface area contributed by atoms with Gasteiger partial charge < -0.3 is 4.74 Å². The molecule has 0 heterocycles. The lowest BCUT2D eigenvalue weighted by Crippen LogP contribution is -2.37. The number of hydrogen-bond donors (Lipinski definition) is 1. The third-order valence-corrected chi connectivity index (χ3v) is 4.50. The Morgan fingerprint density at radius 3 is 2.53 bits per heavy atom. The van der Waals surface area contributed by atoms with Crippen LogP contribution in [0.5, 0.6) is 5.75 Å². The van der Waals surface area contributed by atoms with E-state index in [1.807, 2.05) is 0 Å². The van der Waals surface area contributed by atoms with E-state index in [-0.39, 0.29) is 11.2 Å². The average Bonchev–Trinajstić information content (AvgIpc) is 2.19. The number of benzene rings is 1. The van der Waals surface area contributed by atoms with E-state index in [0.717, 1.165) is 31.1 Å². The molecule has 5 heteroatoms. The normalized spacial score (nSPS) is 17.6. The Bertz CT molecular complexity index is 392. The minimum Gasteiger partial charge on any atom is -0.489 e. The van der Waals surface area contributed by atoms with Gasteiger partial charge in [0.25, 0.3) is 0 Å². The Hall–Kier alpha value is -0.290. The maximum absolute atomic E-state index is 13.5. The monoisotopic (exact) mass is 322 g/mol. The van der Waals surface area contributed by atoms with Crippen molar-refractivity contribution in [1.82, 2.24) is 0 Å². The van der Waals surface area contributed by atoms with Gasteiger partial charge in [-0.2, -0.15) is 12.6 Å². The summed E-state index contributed by atoms with van der Waals surface area (Å²) in [6.07, 6.45) is 3.27. The quantitative estimate of drug-likeness (QED) is 0.817. The Balaban J connectivity index is 2.09. The molecule has 0 N–H and O–H groups in total. The van der Waals surface area contributed by atoms with Crippen LogP contribution in [0.4, 0.5) is 8.78 Å². The first-order valence-electron chi connectivity index (χ1n) is 5.44. The van der Waals surface area contributed by atoms with Crippen molar-refractivity contribution in [1.29, 1.82) is 0 Å². The number of thiol groups is 1. The maximum Gasteiger partial charge on any atom is 0.169 e. The summed E-state index contributed by atoms with van der Waals surface area (Å²) >= 11 is 7.41. The van der Waals surface area contributed by atoms with Crippen molar-refractivity contribution in [3.63, 3.8) is 0 Å². The van der Waals surface area contributed by atoms with Crippen molar-refractivity contribution in [3.8, 4) is 5.75 Å². The highest BCUT2D eigenvalue weighted by atomic mass is 79.9. The van der Waals surface area contributed by atoms with E-state index in [2.05, 4.69) is 28.6 Å². The lowest BCUT2D eigenvalue weighted by atomic mass is 9.71. The molecule has 0 atom stereocenters. The largest absolute Gasteiger partial charge is 0.489 e. The van der Waals surface area contributed by atoms with Crippen molar-refractivity contribution in [2.45, 2.75) is 19.3 Å². The third-order valence-electron chi connectivity index (χ3n) is 3.24. The van der Waals surface area contributed by atoms with Crippen LogP contribution in [0.3, 0.4) is 0 Å². The molecule has 1 aliphatic rings. The van der Waals surface area contributed by atoms with Gasteiger partial charge in [-0.1, -0.05) is 6.42 Å². The molecule has 0 unspecified atom stereocenters. The van der Waals surface area contributed by atoms with E-state index in [4.69, 9.17) is 4.74 Å². The molecule has 94 valence electrons. The fraction of sp³-hybridized carbons (Fsp3) is 0.500. The average molecular weight is 323 g/mol. The minimum atomic E-state index is -0.675. The van der Waals surface area contributed by atoms with Crippen molar-refractivity contribution in [2.24, 2.45) is 5.41 Å². The van der Waals surface area contributed by atoms with Gasteiger partial charge >= 0.3 is 0 Å². The van der Waals surface area contributed by atoms with Crippen LogP contribution in [0.2, 0.25) is 0 Å². The number of rotatable bonds is 4. The van der Waals surface area contributed by atoms with Gasteiger partial charge in [0, 0.05) is 11.5 Å². The highest BCUT2D eigenvalue weighted by Gasteiger charge is 2.36. The zero-order chi connectivity index (χ0) is 12.5. The summed E-state index contributed by atoms with van der Waals surface area (Å²) < 4.78 is 32.2. The highest BCUT2D eigenvalue weighted by molar-refractivity contribution is 9.10. The van der Waals surface area contributed by atoms with Crippen LogP contribution in [-0.4, -0.2) is 12.4 Å². The third kappa shape index (κ3) is 2.76. The van der Waals surface area contributed by atoms with Crippen LogP contribution in [-0.2, 0) is 0 Å². The summed E-state index contributed by atoms with van der Waals surface area (Å²) in [4.78, 5) is 0. The second-order valence-corrected chi connectivity index (χ2v) is 5.67. The first-order chi connectivity index (χ1) is 8.06. The number of hydrogen-bond acceptors (Lipinski definition) is 2. The van der Waals surface area contributed by atoms with Gasteiger partial charge in [-0.05, 0) is 40.6 Å². The SMILES string of the molecule is Fc1cc(F)c(OCC2(CS)CCC2)c(Br)c1. The molecule has 1 aromatic carbocycles. The summed E-state index contributed by atoms with van der Waals surface area (Å²) in [7, 11) is 0. The lowest BCUT2D eigenvalue weighted by Gasteiger charge is -2.40. The molecule has 0 aromatic heterocycles. The number of ether oxygens (including phenoxy) is 1. The molecular formula is C12H13BrF2OS. The topological polar surface area (TPSA) is 9.23 Å². The molecule has 1 aliphatic carbocycles. The van der Waals surface area contributed by atoms with Gasteiger partial charge in [-0.25, -0.2) is 8.78 Å². The Morgan fingerprint density at radius 1 is 1.35 bits per heavy atom. The van der Waals surface area contributed by atoms with Crippen LogP contribution in [0, 0.1) is 17.0 Å². The van der Waals surface area contributed by atoms with Crippen LogP contribution in [0.15, 0.2) is 16.6 Å². The molecule has 0 radical (unpaired) electrons. The molecular weight excluding hydrogens is 310 g/mol. The summed E-state index contributed by atoms with van der Waals surface area (Å²) in [6.45, 7) is 0.428. The molecule has 2 rings (SSSR count).